The van der Waals surface area contributed by atoms with Gasteiger partial charge >= 0.3 is 0 Å². The molecule has 34 heavy (non-hydrogen) atoms. The summed E-state index contributed by atoms with van der Waals surface area (Å²) in [5.74, 6) is 1.05. The molecule has 182 valence electrons. The van der Waals surface area contributed by atoms with E-state index in [4.69, 9.17) is 32.7 Å². The molecule has 0 unspecified atom stereocenters. The van der Waals surface area contributed by atoms with Gasteiger partial charge in [0.2, 0.25) is 16.0 Å². The van der Waals surface area contributed by atoms with Gasteiger partial charge in [0.25, 0.3) is 0 Å². The first-order valence-corrected chi connectivity index (χ1v) is 13.0. The van der Waals surface area contributed by atoms with Crippen molar-refractivity contribution in [2.75, 3.05) is 23.5 Å². The van der Waals surface area contributed by atoms with E-state index >= 15 is 0 Å². The highest BCUT2D eigenvalue weighted by Crippen LogP contribution is 2.41. The first-order valence-electron chi connectivity index (χ1n) is 10.2. The molecule has 0 amide bonds. The van der Waals surface area contributed by atoms with Crippen molar-refractivity contribution >= 4 is 39.2 Å². The fraction of sp³-hybridized carbons (Fsp3) is 0.304. The van der Waals surface area contributed by atoms with Crippen LogP contribution in [-0.2, 0) is 22.0 Å². The second-order valence-corrected chi connectivity index (χ2v) is 10.6. The van der Waals surface area contributed by atoms with Crippen molar-refractivity contribution in [1.29, 1.82) is 0 Å². The molecule has 1 heterocycles. The number of benzene rings is 2. The van der Waals surface area contributed by atoms with E-state index in [2.05, 4.69) is 14.7 Å². The molecule has 1 aromatic heterocycles. The first-order chi connectivity index (χ1) is 16.0. The Morgan fingerprint density at radius 2 is 1.79 bits per heavy atom. The highest BCUT2D eigenvalue weighted by Gasteiger charge is 2.26. The second kappa shape index (κ2) is 10.7. The zero-order valence-corrected chi connectivity index (χ0v) is 21.2. The normalized spacial score (nSPS) is 11.8. The predicted octanol–water partition coefficient (Wildman–Crippen LogP) is 4.73. The van der Waals surface area contributed by atoms with Gasteiger partial charge in [-0.25, -0.2) is 18.4 Å². The molecule has 3 aromatic rings. The Morgan fingerprint density at radius 1 is 1.09 bits per heavy atom. The van der Waals surface area contributed by atoms with Crippen molar-refractivity contribution in [2.45, 2.75) is 25.9 Å². The molecule has 8 nitrogen and oxygen atoms in total. The van der Waals surface area contributed by atoms with Crippen molar-refractivity contribution in [1.82, 2.24) is 9.97 Å². The van der Waals surface area contributed by atoms with Gasteiger partial charge in [-0.05, 0) is 41.5 Å². The topological polar surface area (TPSA) is 111 Å². The van der Waals surface area contributed by atoms with Crippen LogP contribution in [0.3, 0.4) is 0 Å². The summed E-state index contributed by atoms with van der Waals surface area (Å²) in [6.45, 7) is 4.41. The molecular weight excluding hydrogens is 501 g/mol. The van der Waals surface area contributed by atoms with E-state index in [1.54, 1.807) is 18.2 Å². The van der Waals surface area contributed by atoms with Crippen molar-refractivity contribution < 1.29 is 23.0 Å². The first kappa shape index (κ1) is 25.9. The number of aromatic hydroxyl groups is 1. The molecule has 2 aromatic carbocycles. The van der Waals surface area contributed by atoms with E-state index in [9.17, 15) is 13.5 Å². The monoisotopic (exact) mass is 525 g/mol. The largest absolute Gasteiger partial charge is 0.504 e. The van der Waals surface area contributed by atoms with Crippen LogP contribution in [0.5, 0.6) is 17.2 Å². The predicted molar refractivity (Wildman–Crippen MR) is 133 cm³/mol. The third-order valence-corrected chi connectivity index (χ3v) is 6.01. The van der Waals surface area contributed by atoms with Crippen LogP contribution in [0, 0.1) is 0 Å². The number of sulfonamides is 1. The van der Waals surface area contributed by atoms with Crippen LogP contribution >= 0.6 is 23.2 Å². The smallest absolute Gasteiger partial charge is 0.236 e. The van der Waals surface area contributed by atoms with Gasteiger partial charge in [-0.3, -0.25) is 4.72 Å². The Hall–Kier alpha value is -2.75. The summed E-state index contributed by atoms with van der Waals surface area (Å²) >= 11 is 12.0. The van der Waals surface area contributed by atoms with Crippen molar-refractivity contribution in [3.05, 3.63) is 70.5 Å². The Kier molecular flexibility index (Phi) is 8.12. The number of nitrogens with zero attached hydrogens (tertiary/aromatic N) is 2. The number of aromatic nitrogens is 2. The number of halogens is 2. The third kappa shape index (κ3) is 6.65. The second-order valence-electron chi connectivity index (χ2n) is 8.03. The zero-order chi connectivity index (χ0) is 24.9. The number of rotatable bonds is 10. The molecule has 3 rings (SSSR count). The van der Waals surface area contributed by atoms with Gasteiger partial charge in [0.1, 0.15) is 19.0 Å². The Bertz CT molecular complexity index is 1230. The number of hydrogen-bond acceptors (Lipinski definition) is 7. The van der Waals surface area contributed by atoms with Gasteiger partial charge in [0, 0.05) is 11.6 Å². The molecular formula is C23H25Cl2N3O5S. The van der Waals surface area contributed by atoms with Gasteiger partial charge in [0.05, 0.1) is 22.9 Å². The van der Waals surface area contributed by atoms with E-state index in [1.165, 1.54) is 6.20 Å². The van der Waals surface area contributed by atoms with Crippen LogP contribution in [-0.4, -0.2) is 42.2 Å². The van der Waals surface area contributed by atoms with Crippen molar-refractivity contribution in [2.24, 2.45) is 0 Å². The molecule has 11 heteroatoms. The van der Waals surface area contributed by atoms with Crippen LogP contribution < -0.4 is 14.2 Å². The summed E-state index contributed by atoms with van der Waals surface area (Å²) in [5.41, 5.74) is 1.84. The van der Waals surface area contributed by atoms with Crippen LogP contribution in [0.1, 0.15) is 30.7 Å². The summed E-state index contributed by atoms with van der Waals surface area (Å²) in [6, 6.07) is 12.6. The lowest BCUT2D eigenvalue weighted by molar-refractivity contribution is 0.301. The Balaban J connectivity index is 1.72. The molecule has 0 saturated heterocycles. The minimum atomic E-state index is -3.47. The average Bonchev–Trinajstić information content (AvgIpc) is 2.76. The van der Waals surface area contributed by atoms with E-state index in [-0.39, 0.29) is 36.5 Å². The number of ether oxygens (including phenoxy) is 2. The Labute approximate surface area is 208 Å². The number of alkyl halides is 1. The Morgan fingerprint density at radius 3 is 2.41 bits per heavy atom. The molecule has 0 aliphatic carbocycles. The minimum Gasteiger partial charge on any atom is -0.504 e. The molecule has 0 aliphatic rings. The average molecular weight is 526 g/mol. The molecule has 0 atom stereocenters. The summed E-state index contributed by atoms with van der Waals surface area (Å²) in [5, 5.41) is 10.7. The lowest BCUT2D eigenvalue weighted by Crippen LogP contribution is -2.19. The molecule has 2 N–H and O–H groups in total. The number of nitrogens with one attached hydrogen (secondary N) is 1. The molecule has 0 bridgehead atoms. The third-order valence-electron chi connectivity index (χ3n) is 5.02. The summed E-state index contributed by atoms with van der Waals surface area (Å²) in [6.07, 6.45) is 2.49. The van der Waals surface area contributed by atoms with Gasteiger partial charge in [-0.15, -0.1) is 11.6 Å². The lowest BCUT2D eigenvalue weighted by atomic mass is 9.78. The number of anilines is 1. The lowest BCUT2D eigenvalue weighted by Gasteiger charge is -2.27. The molecule has 0 fully saturated rings. The fourth-order valence-electron chi connectivity index (χ4n) is 3.21. The van der Waals surface area contributed by atoms with Crippen LogP contribution in [0.2, 0.25) is 5.02 Å². The van der Waals surface area contributed by atoms with Crippen LogP contribution in [0.25, 0.3) is 0 Å². The van der Waals surface area contributed by atoms with Gasteiger partial charge < -0.3 is 14.6 Å². The molecule has 0 spiro atoms. The quantitative estimate of drug-likeness (QED) is 0.368. The number of phenolic OH excluding ortho intramolecular Hbond substituents is 1. The van der Waals surface area contributed by atoms with E-state index in [1.807, 2.05) is 38.1 Å². The van der Waals surface area contributed by atoms with E-state index < -0.39 is 15.4 Å². The fourth-order valence-corrected chi connectivity index (χ4v) is 3.98. The van der Waals surface area contributed by atoms with Gasteiger partial charge in [-0.1, -0.05) is 37.6 Å². The standard InChI is InChI=1S/C23H25Cl2N3O5S/c1-23(2,16-12-19(25)21(20(29)13-16)32-11-9-24)15-4-6-18(7-5-15)33-14-17-8-10-26-22(27-17)28-34(3,30)31/h4-8,10,12-13,29H,9,11,14H2,1-3H3,(H,26,27,28). The summed E-state index contributed by atoms with van der Waals surface area (Å²) in [7, 11) is -3.47. The summed E-state index contributed by atoms with van der Waals surface area (Å²) < 4.78 is 36.1. The van der Waals surface area contributed by atoms with E-state index in [0.717, 1.165) is 17.4 Å². The molecule has 0 saturated carbocycles. The highest BCUT2D eigenvalue weighted by molar-refractivity contribution is 7.91. The van der Waals surface area contributed by atoms with Crippen molar-refractivity contribution in [3.8, 4) is 17.2 Å². The van der Waals surface area contributed by atoms with E-state index in [0.29, 0.717) is 16.5 Å². The van der Waals surface area contributed by atoms with Gasteiger partial charge in [-0.2, -0.15) is 0 Å². The summed E-state index contributed by atoms with van der Waals surface area (Å²) in [4.78, 5) is 8.01. The highest BCUT2D eigenvalue weighted by atomic mass is 35.5. The molecule has 0 radical (unpaired) electrons. The van der Waals surface area contributed by atoms with Crippen LogP contribution in [0.15, 0.2) is 48.7 Å². The maximum absolute atomic E-state index is 11.3. The zero-order valence-electron chi connectivity index (χ0n) is 18.9. The van der Waals surface area contributed by atoms with Crippen molar-refractivity contribution in [3.63, 3.8) is 0 Å². The van der Waals surface area contributed by atoms with Crippen LogP contribution in [0.4, 0.5) is 5.95 Å². The number of phenols is 1. The minimum absolute atomic E-state index is 0.0123. The molecule has 0 aliphatic heterocycles. The SMILES string of the molecule is CC(C)(c1ccc(OCc2ccnc(NS(C)(=O)=O)n2)cc1)c1cc(O)c(OCCCl)c(Cl)c1. The number of hydrogen-bond donors (Lipinski definition) is 2. The maximum atomic E-state index is 11.3. The van der Waals surface area contributed by atoms with Gasteiger partial charge in [0.15, 0.2) is 11.5 Å². The maximum Gasteiger partial charge on any atom is 0.236 e.